The van der Waals surface area contributed by atoms with Crippen molar-refractivity contribution in [2.24, 2.45) is 0 Å². The molecule has 0 saturated heterocycles. The van der Waals surface area contributed by atoms with Gasteiger partial charge in [-0.05, 0) is 30.9 Å². The van der Waals surface area contributed by atoms with Gasteiger partial charge >= 0.3 is 0 Å². The van der Waals surface area contributed by atoms with E-state index >= 15 is 0 Å². The van der Waals surface area contributed by atoms with Crippen LogP contribution in [0.5, 0.6) is 0 Å². The van der Waals surface area contributed by atoms with E-state index in [0.717, 1.165) is 0 Å². The molecule has 3 nitrogen and oxygen atoms in total. The van der Waals surface area contributed by atoms with Crippen molar-refractivity contribution < 1.29 is 9.47 Å². The van der Waals surface area contributed by atoms with Crippen molar-refractivity contribution in [2.75, 3.05) is 20.8 Å². The molecule has 1 atom stereocenters. The monoisotopic (exact) mass is 265 g/mol. The van der Waals surface area contributed by atoms with Gasteiger partial charge in [-0.2, -0.15) is 0 Å². The van der Waals surface area contributed by atoms with Crippen molar-refractivity contribution in [3.8, 4) is 0 Å². The summed E-state index contributed by atoms with van der Waals surface area (Å²) >= 11 is 0. The lowest BCUT2D eigenvalue weighted by molar-refractivity contribution is -0.0997. The Morgan fingerprint density at radius 3 is 2.26 bits per heavy atom. The average Bonchev–Trinajstić information content (AvgIpc) is 2.46. The number of ether oxygens (including phenoxy) is 2. The molecule has 0 aliphatic carbocycles. The summed E-state index contributed by atoms with van der Waals surface area (Å²) in [6, 6.07) is 9.17. The summed E-state index contributed by atoms with van der Waals surface area (Å²) in [5, 5.41) is 3.41. The molecule has 1 aromatic rings. The Morgan fingerprint density at radius 1 is 1.11 bits per heavy atom. The number of hydrogen-bond donors (Lipinski definition) is 1. The number of methoxy groups -OCH3 is 2. The quantitative estimate of drug-likeness (QED) is 0.695. The van der Waals surface area contributed by atoms with Gasteiger partial charge in [-0.1, -0.05) is 37.6 Å². The van der Waals surface area contributed by atoms with E-state index < -0.39 is 0 Å². The van der Waals surface area contributed by atoms with Crippen molar-refractivity contribution in [1.29, 1.82) is 0 Å². The maximum atomic E-state index is 5.16. The summed E-state index contributed by atoms with van der Waals surface area (Å²) in [7, 11) is 3.31. The minimum Gasteiger partial charge on any atom is -0.355 e. The van der Waals surface area contributed by atoms with E-state index in [1.807, 2.05) is 0 Å². The normalized spacial score (nSPS) is 12.9. The Bertz CT molecular complexity index is 333. The van der Waals surface area contributed by atoms with E-state index in [-0.39, 0.29) is 6.29 Å². The first kappa shape index (κ1) is 16.2. The first-order valence-electron chi connectivity index (χ1n) is 7.09. The van der Waals surface area contributed by atoms with E-state index in [1.165, 1.54) is 30.4 Å². The van der Waals surface area contributed by atoms with Crippen LogP contribution >= 0.6 is 0 Å². The Hall–Kier alpha value is -0.900. The average molecular weight is 265 g/mol. The van der Waals surface area contributed by atoms with Crippen LogP contribution in [0.25, 0.3) is 0 Å². The second kappa shape index (κ2) is 9.08. The molecular formula is C16H27NO2. The molecule has 0 heterocycles. The maximum Gasteiger partial charge on any atom is 0.169 e. The van der Waals surface area contributed by atoms with Crippen LogP contribution in [-0.2, 0) is 15.9 Å². The predicted molar refractivity (Wildman–Crippen MR) is 79.3 cm³/mol. The third-order valence-corrected chi connectivity index (χ3v) is 3.42. The summed E-state index contributed by atoms with van der Waals surface area (Å²) in [6.45, 7) is 5.07. The standard InChI is InChI=1S/C16H27NO2/c1-5-6-7-14-8-10-15(11-9-14)13(2)17-12-16(18-3)19-4/h8-11,13,16-17H,5-7,12H2,1-4H3. The van der Waals surface area contributed by atoms with Crippen LogP contribution in [0.2, 0.25) is 0 Å². The smallest absolute Gasteiger partial charge is 0.169 e. The van der Waals surface area contributed by atoms with Crippen LogP contribution < -0.4 is 5.32 Å². The van der Waals surface area contributed by atoms with Gasteiger partial charge in [0.15, 0.2) is 6.29 Å². The predicted octanol–water partition coefficient (Wildman–Crippen LogP) is 3.30. The van der Waals surface area contributed by atoms with Gasteiger partial charge < -0.3 is 14.8 Å². The van der Waals surface area contributed by atoms with Crippen LogP contribution in [0.4, 0.5) is 0 Å². The molecule has 0 amide bonds. The SMILES string of the molecule is CCCCc1ccc(C(C)NCC(OC)OC)cc1. The van der Waals surface area contributed by atoms with Gasteiger partial charge in [0.2, 0.25) is 0 Å². The topological polar surface area (TPSA) is 30.5 Å². The Labute approximate surface area is 117 Å². The van der Waals surface area contributed by atoms with E-state index in [1.54, 1.807) is 14.2 Å². The molecule has 0 radical (unpaired) electrons. The molecule has 0 saturated carbocycles. The van der Waals surface area contributed by atoms with E-state index in [2.05, 4.69) is 43.4 Å². The lowest BCUT2D eigenvalue weighted by Crippen LogP contribution is -2.31. The number of unbranched alkanes of at least 4 members (excludes halogenated alkanes) is 1. The van der Waals surface area contributed by atoms with Crippen LogP contribution in [0.3, 0.4) is 0 Å². The first-order valence-corrected chi connectivity index (χ1v) is 7.09. The highest BCUT2D eigenvalue weighted by Crippen LogP contribution is 2.14. The largest absolute Gasteiger partial charge is 0.355 e. The number of benzene rings is 1. The number of rotatable bonds is 9. The molecule has 0 fully saturated rings. The van der Waals surface area contributed by atoms with Crippen molar-refractivity contribution >= 4 is 0 Å². The third-order valence-electron chi connectivity index (χ3n) is 3.42. The number of hydrogen-bond acceptors (Lipinski definition) is 3. The zero-order valence-electron chi connectivity index (χ0n) is 12.6. The highest BCUT2D eigenvalue weighted by Gasteiger charge is 2.09. The molecule has 19 heavy (non-hydrogen) atoms. The third kappa shape index (κ3) is 5.72. The Balaban J connectivity index is 2.45. The van der Waals surface area contributed by atoms with Gasteiger partial charge in [-0.25, -0.2) is 0 Å². The fourth-order valence-electron chi connectivity index (χ4n) is 2.01. The molecule has 1 N–H and O–H groups in total. The lowest BCUT2D eigenvalue weighted by Gasteiger charge is -2.19. The maximum absolute atomic E-state index is 5.16. The summed E-state index contributed by atoms with van der Waals surface area (Å²) in [6.07, 6.45) is 3.49. The summed E-state index contributed by atoms with van der Waals surface area (Å²) in [5.74, 6) is 0. The highest BCUT2D eigenvalue weighted by atomic mass is 16.7. The van der Waals surface area contributed by atoms with Crippen LogP contribution in [0, 0.1) is 0 Å². The van der Waals surface area contributed by atoms with E-state index in [0.29, 0.717) is 12.6 Å². The number of nitrogens with one attached hydrogen (secondary N) is 1. The molecule has 1 aromatic carbocycles. The van der Waals surface area contributed by atoms with Gasteiger partial charge in [0.05, 0.1) is 0 Å². The lowest BCUT2D eigenvalue weighted by atomic mass is 10.0. The van der Waals surface area contributed by atoms with Gasteiger partial charge in [-0.15, -0.1) is 0 Å². The van der Waals surface area contributed by atoms with E-state index in [9.17, 15) is 0 Å². The molecule has 0 spiro atoms. The van der Waals surface area contributed by atoms with Gasteiger partial charge in [0.1, 0.15) is 0 Å². The second-order valence-corrected chi connectivity index (χ2v) is 4.88. The zero-order valence-corrected chi connectivity index (χ0v) is 12.6. The van der Waals surface area contributed by atoms with Crippen molar-refractivity contribution in [3.63, 3.8) is 0 Å². The highest BCUT2D eigenvalue weighted by molar-refractivity contribution is 5.24. The summed E-state index contributed by atoms with van der Waals surface area (Å²) in [4.78, 5) is 0. The van der Waals surface area contributed by atoms with Crippen molar-refractivity contribution in [1.82, 2.24) is 5.32 Å². The van der Waals surface area contributed by atoms with Gasteiger partial charge in [-0.3, -0.25) is 0 Å². The Morgan fingerprint density at radius 2 is 1.74 bits per heavy atom. The summed E-state index contributed by atoms with van der Waals surface area (Å²) < 4.78 is 10.3. The van der Waals surface area contributed by atoms with Gasteiger partial charge in [0, 0.05) is 26.8 Å². The molecular weight excluding hydrogens is 238 g/mol. The molecule has 108 valence electrons. The molecule has 1 rings (SSSR count). The van der Waals surface area contributed by atoms with Crippen molar-refractivity contribution in [3.05, 3.63) is 35.4 Å². The fraction of sp³-hybridized carbons (Fsp3) is 0.625. The minimum atomic E-state index is -0.189. The molecule has 1 unspecified atom stereocenters. The van der Waals surface area contributed by atoms with Crippen molar-refractivity contribution in [2.45, 2.75) is 45.4 Å². The molecule has 0 aliphatic heterocycles. The molecule has 0 aliphatic rings. The molecule has 3 heteroatoms. The Kier molecular flexibility index (Phi) is 7.72. The zero-order chi connectivity index (χ0) is 14.1. The fourth-order valence-corrected chi connectivity index (χ4v) is 2.01. The van der Waals surface area contributed by atoms with Crippen LogP contribution in [0.1, 0.15) is 43.9 Å². The minimum absolute atomic E-state index is 0.189. The van der Waals surface area contributed by atoms with Crippen LogP contribution in [0.15, 0.2) is 24.3 Å². The van der Waals surface area contributed by atoms with E-state index in [4.69, 9.17) is 9.47 Å². The molecule has 0 aromatic heterocycles. The van der Waals surface area contributed by atoms with Crippen LogP contribution in [-0.4, -0.2) is 27.1 Å². The molecule has 0 bridgehead atoms. The second-order valence-electron chi connectivity index (χ2n) is 4.88. The summed E-state index contributed by atoms with van der Waals surface area (Å²) in [5.41, 5.74) is 2.72. The van der Waals surface area contributed by atoms with Gasteiger partial charge in [0.25, 0.3) is 0 Å². The first-order chi connectivity index (χ1) is 9.21. The number of aryl methyl sites for hydroxylation is 1.